The zero-order valence-corrected chi connectivity index (χ0v) is 12.2. The molecule has 0 unspecified atom stereocenters. The van der Waals surface area contributed by atoms with E-state index in [0.29, 0.717) is 11.3 Å². The predicted octanol–water partition coefficient (Wildman–Crippen LogP) is 1.76. The number of carbonyl (C=O) groups excluding carboxylic acids is 2. The van der Waals surface area contributed by atoms with Crippen molar-refractivity contribution in [3.8, 4) is 5.75 Å². The molecule has 0 saturated carbocycles. The Balaban J connectivity index is 2.36. The number of imide groups is 3. The molecule has 1 aromatic carbocycles. The van der Waals surface area contributed by atoms with Crippen LogP contribution in [0.1, 0.15) is 5.56 Å². The molecule has 22 heavy (non-hydrogen) atoms. The predicted molar refractivity (Wildman–Crippen MR) is 76.6 cm³/mol. The van der Waals surface area contributed by atoms with Crippen LogP contribution in [0.15, 0.2) is 24.0 Å². The van der Waals surface area contributed by atoms with Crippen molar-refractivity contribution in [1.29, 1.82) is 0 Å². The molecular weight excluding hydrogens is 292 g/mol. The van der Waals surface area contributed by atoms with Gasteiger partial charge in [-0.3, -0.25) is 4.79 Å². The first-order valence-electron chi connectivity index (χ1n) is 6.21. The zero-order valence-electron chi connectivity index (χ0n) is 12.2. The highest BCUT2D eigenvalue weighted by molar-refractivity contribution is 6.18. The van der Waals surface area contributed by atoms with Crippen molar-refractivity contribution in [2.75, 3.05) is 26.1 Å². The van der Waals surface area contributed by atoms with E-state index in [-0.39, 0.29) is 10.7 Å². The van der Waals surface area contributed by atoms with Gasteiger partial charge in [0.2, 0.25) is 0 Å². The van der Waals surface area contributed by atoms with Crippen LogP contribution >= 0.6 is 0 Å². The summed E-state index contributed by atoms with van der Waals surface area (Å²) in [7, 11) is 5.21. The second-order valence-corrected chi connectivity index (χ2v) is 4.63. The summed E-state index contributed by atoms with van der Waals surface area (Å²) in [6.45, 7) is 0. The molecule has 2 rings (SSSR count). The Hall–Kier alpha value is -3.03. The molecule has 3 amide bonds. The van der Waals surface area contributed by atoms with Crippen LogP contribution in [0.5, 0.6) is 5.75 Å². The molecule has 0 spiro atoms. The molecule has 1 aromatic rings. The number of benzene rings is 1. The smallest absolute Gasteiger partial charge is 0.432 e. The fourth-order valence-electron chi connectivity index (χ4n) is 1.94. The third kappa shape index (κ3) is 2.71. The molecule has 1 heterocycles. The lowest BCUT2D eigenvalue weighted by atomic mass is 10.1. The Morgan fingerprint density at radius 1 is 1.36 bits per heavy atom. The van der Waals surface area contributed by atoms with Crippen molar-refractivity contribution in [1.82, 2.24) is 4.90 Å². The van der Waals surface area contributed by atoms with Crippen molar-refractivity contribution >= 4 is 29.9 Å². The summed E-state index contributed by atoms with van der Waals surface area (Å²) in [5.41, 5.74) is 1.36. The summed E-state index contributed by atoms with van der Waals surface area (Å²) in [5.74, 6) is -0.813. The number of carboxylic acid groups (broad SMARTS) is 1. The minimum atomic E-state index is -1.68. The quantitative estimate of drug-likeness (QED) is 0.850. The first-order chi connectivity index (χ1) is 10.3. The summed E-state index contributed by atoms with van der Waals surface area (Å²) < 4.78 is 9.92. The molecule has 8 nitrogen and oxygen atoms in total. The minimum Gasteiger partial charge on any atom is -0.495 e. The van der Waals surface area contributed by atoms with E-state index in [1.165, 1.54) is 13.2 Å². The summed E-state index contributed by atoms with van der Waals surface area (Å²) in [6.07, 6.45) is -1.63. The summed E-state index contributed by atoms with van der Waals surface area (Å²) in [6, 6.07) is 5.10. The van der Waals surface area contributed by atoms with E-state index in [1.54, 1.807) is 18.2 Å². The van der Waals surface area contributed by atoms with Crippen LogP contribution in [0, 0.1) is 0 Å². The first-order valence-corrected chi connectivity index (χ1v) is 6.21. The molecule has 1 N–H and O–H groups in total. The summed E-state index contributed by atoms with van der Waals surface area (Å²) in [4.78, 5) is 35.8. The van der Waals surface area contributed by atoms with Gasteiger partial charge in [-0.1, -0.05) is 6.07 Å². The van der Waals surface area contributed by atoms with Crippen molar-refractivity contribution in [2.24, 2.45) is 0 Å². The third-order valence-corrected chi connectivity index (χ3v) is 2.97. The number of anilines is 1. The Bertz CT molecular complexity index is 680. The average Bonchev–Trinajstić information content (AvgIpc) is 2.72. The van der Waals surface area contributed by atoms with Crippen LogP contribution in [0.25, 0.3) is 6.08 Å². The van der Waals surface area contributed by atoms with E-state index in [4.69, 9.17) is 9.84 Å². The Kier molecular flexibility index (Phi) is 4.02. The molecule has 1 aliphatic rings. The SMILES string of the molecule is COc1cc(/C=C2/OC(=O)N(C(=O)O)C2=O)ccc1N(C)C. The van der Waals surface area contributed by atoms with Crippen molar-refractivity contribution < 1.29 is 29.0 Å². The number of ether oxygens (including phenoxy) is 2. The number of rotatable bonds is 3. The van der Waals surface area contributed by atoms with E-state index in [9.17, 15) is 14.4 Å². The maximum Gasteiger partial charge on any atom is 0.432 e. The lowest BCUT2D eigenvalue weighted by Crippen LogP contribution is -2.33. The van der Waals surface area contributed by atoms with Gasteiger partial charge in [0, 0.05) is 14.1 Å². The van der Waals surface area contributed by atoms with Crippen LogP contribution in [-0.4, -0.2) is 49.3 Å². The van der Waals surface area contributed by atoms with Gasteiger partial charge in [0.05, 0.1) is 12.8 Å². The fraction of sp³-hybridized carbons (Fsp3) is 0.214. The van der Waals surface area contributed by atoms with Crippen LogP contribution < -0.4 is 9.64 Å². The van der Waals surface area contributed by atoms with Crippen LogP contribution in [0.4, 0.5) is 15.3 Å². The topological polar surface area (TPSA) is 96.4 Å². The van der Waals surface area contributed by atoms with E-state index in [0.717, 1.165) is 5.69 Å². The average molecular weight is 306 g/mol. The molecule has 1 fully saturated rings. The minimum absolute atomic E-state index is 0.0112. The van der Waals surface area contributed by atoms with Crippen LogP contribution in [-0.2, 0) is 9.53 Å². The Labute approximate surface area is 126 Å². The third-order valence-electron chi connectivity index (χ3n) is 2.97. The number of hydrogen-bond donors (Lipinski definition) is 1. The standard InChI is InChI=1S/C14H14N2O6/c1-15(2)9-5-4-8(6-10(9)21-3)7-11-12(17)16(13(18)19)14(20)22-11/h4-7H,1-3H3,(H,18,19)/b11-7+. The molecule has 0 aliphatic carbocycles. The van der Waals surface area contributed by atoms with Gasteiger partial charge in [0.1, 0.15) is 5.75 Å². The molecule has 0 atom stereocenters. The van der Waals surface area contributed by atoms with Gasteiger partial charge in [-0.2, -0.15) is 0 Å². The molecule has 0 bridgehead atoms. The first kappa shape index (κ1) is 15.4. The molecule has 0 aromatic heterocycles. The zero-order chi connectivity index (χ0) is 16.4. The maximum absolute atomic E-state index is 11.8. The maximum atomic E-state index is 11.8. The Morgan fingerprint density at radius 2 is 2.05 bits per heavy atom. The molecule has 8 heteroatoms. The molecule has 1 saturated heterocycles. The van der Waals surface area contributed by atoms with Gasteiger partial charge >= 0.3 is 18.1 Å². The van der Waals surface area contributed by atoms with E-state index in [2.05, 4.69) is 4.74 Å². The van der Waals surface area contributed by atoms with Crippen molar-refractivity contribution in [3.63, 3.8) is 0 Å². The summed E-state index contributed by atoms with van der Waals surface area (Å²) >= 11 is 0. The number of nitrogens with zero attached hydrogens (tertiary/aromatic N) is 2. The molecule has 0 radical (unpaired) electrons. The van der Waals surface area contributed by atoms with Crippen molar-refractivity contribution in [3.05, 3.63) is 29.5 Å². The lowest BCUT2D eigenvalue weighted by Gasteiger charge is -2.16. The normalized spacial score (nSPS) is 16.0. The van der Waals surface area contributed by atoms with Crippen LogP contribution in [0.3, 0.4) is 0 Å². The number of amides is 3. The molecule has 1 aliphatic heterocycles. The highest BCUT2D eigenvalue weighted by Gasteiger charge is 2.41. The van der Waals surface area contributed by atoms with E-state index >= 15 is 0 Å². The molecule has 116 valence electrons. The van der Waals surface area contributed by atoms with Crippen LogP contribution in [0.2, 0.25) is 0 Å². The summed E-state index contributed by atoms with van der Waals surface area (Å²) in [5, 5.41) is 8.77. The molecular formula is C14H14N2O6. The van der Waals surface area contributed by atoms with Gasteiger partial charge in [-0.25, -0.2) is 9.59 Å². The van der Waals surface area contributed by atoms with E-state index in [1.807, 2.05) is 19.0 Å². The monoisotopic (exact) mass is 306 g/mol. The second-order valence-electron chi connectivity index (χ2n) is 4.63. The second kappa shape index (κ2) is 5.76. The number of cyclic esters (lactones) is 1. The van der Waals surface area contributed by atoms with Gasteiger partial charge < -0.3 is 19.5 Å². The Morgan fingerprint density at radius 3 is 2.55 bits per heavy atom. The fourth-order valence-corrected chi connectivity index (χ4v) is 1.94. The lowest BCUT2D eigenvalue weighted by molar-refractivity contribution is -0.121. The van der Waals surface area contributed by atoms with Crippen molar-refractivity contribution in [2.45, 2.75) is 0 Å². The largest absolute Gasteiger partial charge is 0.495 e. The van der Waals surface area contributed by atoms with Gasteiger partial charge in [-0.15, -0.1) is 4.90 Å². The number of carbonyl (C=O) groups is 3. The number of hydrogen-bond acceptors (Lipinski definition) is 6. The highest BCUT2D eigenvalue weighted by Crippen LogP contribution is 2.29. The highest BCUT2D eigenvalue weighted by atomic mass is 16.6. The van der Waals surface area contributed by atoms with Gasteiger partial charge in [-0.05, 0) is 23.8 Å². The van der Waals surface area contributed by atoms with E-state index < -0.39 is 18.1 Å². The van der Waals surface area contributed by atoms with Gasteiger partial charge in [0.15, 0.2) is 5.76 Å². The number of methoxy groups -OCH3 is 1. The van der Waals surface area contributed by atoms with Gasteiger partial charge in [0.25, 0.3) is 0 Å².